The fourth-order valence-electron chi connectivity index (χ4n) is 1.62. The van der Waals surface area contributed by atoms with Crippen molar-refractivity contribution in [1.82, 2.24) is 5.32 Å². The van der Waals surface area contributed by atoms with E-state index in [9.17, 15) is 4.79 Å². The van der Waals surface area contributed by atoms with Crippen LogP contribution < -0.4 is 10.6 Å². The van der Waals surface area contributed by atoms with Gasteiger partial charge in [-0.15, -0.1) is 0 Å². The van der Waals surface area contributed by atoms with E-state index in [4.69, 9.17) is 16.3 Å². The predicted molar refractivity (Wildman–Crippen MR) is 83.3 cm³/mol. The number of unbranched alkanes of at least 4 members (excludes halogenated alkanes) is 1. The van der Waals surface area contributed by atoms with Crippen LogP contribution in [0.5, 0.6) is 0 Å². The van der Waals surface area contributed by atoms with Crippen molar-refractivity contribution in [1.29, 1.82) is 0 Å². The van der Waals surface area contributed by atoms with Gasteiger partial charge >= 0.3 is 0 Å². The largest absolute Gasteiger partial charge is 0.381 e. The third-order valence-corrected chi connectivity index (χ3v) is 2.91. The van der Waals surface area contributed by atoms with Crippen LogP contribution >= 0.6 is 11.6 Å². The molecule has 1 amide bonds. The molecule has 0 bridgehead atoms. The Kier molecular flexibility index (Phi) is 9.04. The van der Waals surface area contributed by atoms with Crippen LogP contribution in [0, 0.1) is 0 Å². The van der Waals surface area contributed by atoms with Gasteiger partial charge in [-0.2, -0.15) is 0 Å². The van der Waals surface area contributed by atoms with Crippen LogP contribution in [-0.2, 0) is 9.53 Å². The van der Waals surface area contributed by atoms with Crippen molar-refractivity contribution in [3.63, 3.8) is 0 Å². The maximum atomic E-state index is 11.6. The molecule has 20 heavy (non-hydrogen) atoms. The van der Waals surface area contributed by atoms with E-state index in [1.165, 1.54) is 0 Å². The number of hydrogen-bond donors (Lipinski definition) is 2. The topological polar surface area (TPSA) is 50.4 Å². The third kappa shape index (κ3) is 8.15. The van der Waals surface area contributed by atoms with E-state index in [1.54, 1.807) is 18.2 Å². The number of carbonyl (C=O) groups excluding carboxylic acids is 1. The summed E-state index contributed by atoms with van der Waals surface area (Å²) in [5, 5.41) is 6.48. The maximum absolute atomic E-state index is 11.6. The van der Waals surface area contributed by atoms with Crippen LogP contribution in [0.1, 0.15) is 26.2 Å². The Hall–Kier alpha value is -1.10. The van der Waals surface area contributed by atoms with E-state index in [1.807, 2.05) is 6.07 Å². The van der Waals surface area contributed by atoms with E-state index in [0.29, 0.717) is 17.3 Å². The van der Waals surface area contributed by atoms with Crippen molar-refractivity contribution in [2.24, 2.45) is 0 Å². The molecule has 0 aliphatic rings. The molecule has 0 radical (unpaired) electrons. The first kappa shape index (κ1) is 17.0. The van der Waals surface area contributed by atoms with Gasteiger partial charge in [0, 0.05) is 23.9 Å². The predicted octanol–water partition coefficient (Wildman–Crippen LogP) is 3.07. The first-order chi connectivity index (χ1) is 9.72. The molecule has 2 N–H and O–H groups in total. The lowest BCUT2D eigenvalue weighted by molar-refractivity contribution is -0.115. The highest BCUT2D eigenvalue weighted by Crippen LogP contribution is 2.14. The summed E-state index contributed by atoms with van der Waals surface area (Å²) >= 11 is 5.85. The second-order valence-electron chi connectivity index (χ2n) is 4.55. The molecular weight excluding hydrogens is 276 g/mol. The summed E-state index contributed by atoms with van der Waals surface area (Å²) in [5.74, 6) is -0.0702. The van der Waals surface area contributed by atoms with Crippen molar-refractivity contribution in [2.75, 3.05) is 31.6 Å². The molecule has 0 saturated heterocycles. The zero-order valence-electron chi connectivity index (χ0n) is 12.0. The van der Waals surface area contributed by atoms with E-state index in [-0.39, 0.29) is 5.91 Å². The van der Waals surface area contributed by atoms with Crippen molar-refractivity contribution in [3.05, 3.63) is 29.3 Å². The van der Waals surface area contributed by atoms with Gasteiger partial charge in [-0.25, -0.2) is 0 Å². The van der Waals surface area contributed by atoms with Crippen molar-refractivity contribution >= 4 is 23.2 Å². The summed E-state index contributed by atoms with van der Waals surface area (Å²) in [7, 11) is 0. The van der Waals surface area contributed by atoms with Crippen molar-refractivity contribution < 1.29 is 9.53 Å². The minimum atomic E-state index is -0.0702. The Morgan fingerprint density at radius 1 is 1.30 bits per heavy atom. The summed E-state index contributed by atoms with van der Waals surface area (Å²) in [4.78, 5) is 11.6. The molecule has 0 unspecified atom stereocenters. The Bertz CT molecular complexity index is 399. The molecule has 1 rings (SSSR count). The summed E-state index contributed by atoms with van der Waals surface area (Å²) < 4.78 is 5.43. The van der Waals surface area contributed by atoms with E-state index in [2.05, 4.69) is 17.6 Å². The van der Waals surface area contributed by atoms with E-state index in [0.717, 1.165) is 39.0 Å². The lowest BCUT2D eigenvalue weighted by Gasteiger charge is -2.07. The van der Waals surface area contributed by atoms with Gasteiger partial charge in [0.15, 0.2) is 0 Å². The summed E-state index contributed by atoms with van der Waals surface area (Å²) in [6.45, 7) is 4.77. The van der Waals surface area contributed by atoms with Gasteiger partial charge in [0.1, 0.15) is 0 Å². The number of rotatable bonds is 10. The third-order valence-electron chi connectivity index (χ3n) is 2.68. The average molecular weight is 299 g/mol. The van der Waals surface area contributed by atoms with Crippen LogP contribution in [0.2, 0.25) is 5.02 Å². The molecule has 0 aliphatic carbocycles. The molecule has 0 heterocycles. The van der Waals surface area contributed by atoms with E-state index >= 15 is 0 Å². The molecule has 0 atom stereocenters. The van der Waals surface area contributed by atoms with Crippen LogP contribution in [0.4, 0.5) is 5.69 Å². The number of halogens is 1. The molecular formula is C15H23ClN2O2. The van der Waals surface area contributed by atoms with Gasteiger partial charge in [0.05, 0.1) is 6.54 Å². The zero-order chi connectivity index (χ0) is 14.6. The number of ether oxygens (including phenoxy) is 1. The zero-order valence-corrected chi connectivity index (χ0v) is 12.7. The fourth-order valence-corrected chi connectivity index (χ4v) is 1.81. The second-order valence-corrected chi connectivity index (χ2v) is 4.99. The standard InChI is InChI=1S/C15H23ClN2O2/c1-2-3-9-20-10-5-8-17-12-15(19)18-14-7-4-6-13(16)11-14/h4,6-7,11,17H,2-3,5,8-10,12H2,1H3,(H,18,19). The monoisotopic (exact) mass is 298 g/mol. The first-order valence-electron chi connectivity index (χ1n) is 7.06. The second kappa shape index (κ2) is 10.7. The average Bonchev–Trinajstić information content (AvgIpc) is 2.42. The lowest BCUT2D eigenvalue weighted by Crippen LogP contribution is -2.29. The van der Waals surface area contributed by atoms with Crippen LogP contribution in [0.25, 0.3) is 0 Å². The summed E-state index contributed by atoms with van der Waals surface area (Å²) in [6.07, 6.45) is 3.17. The fraction of sp³-hybridized carbons (Fsp3) is 0.533. The van der Waals surface area contributed by atoms with Gasteiger partial charge in [-0.3, -0.25) is 4.79 Å². The number of benzene rings is 1. The van der Waals surface area contributed by atoms with Crippen molar-refractivity contribution in [2.45, 2.75) is 26.2 Å². The normalized spacial score (nSPS) is 10.5. The Balaban J connectivity index is 2.03. The number of nitrogens with one attached hydrogen (secondary N) is 2. The molecule has 0 saturated carbocycles. The first-order valence-corrected chi connectivity index (χ1v) is 7.44. The van der Waals surface area contributed by atoms with Gasteiger partial charge in [-0.1, -0.05) is 31.0 Å². The summed E-state index contributed by atoms with van der Waals surface area (Å²) in [5.41, 5.74) is 0.715. The Labute approximate surface area is 125 Å². The quantitative estimate of drug-likeness (QED) is 0.653. The molecule has 0 fully saturated rings. The molecule has 4 nitrogen and oxygen atoms in total. The van der Waals surface area contributed by atoms with Gasteiger partial charge in [0.2, 0.25) is 5.91 Å². The molecule has 0 aromatic heterocycles. The minimum Gasteiger partial charge on any atom is -0.381 e. The molecule has 112 valence electrons. The van der Waals surface area contributed by atoms with Crippen molar-refractivity contribution in [3.8, 4) is 0 Å². The maximum Gasteiger partial charge on any atom is 0.238 e. The van der Waals surface area contributed by atoms with Crippen LogP contribution in [0.15, 0.2) is 24.3 Å². The molecule has 0 spiro atoms. The Morgan fingerprint density at radius 3 is 2.85 bits per heavy atom. The highest BCUT2D eigenvalue weighted by Gasteiger charge is 2.01. The molecule has 1 aromatic rings. The number of hydrogen-bond acceptors (Lipinski definition) is 3. The van der Waals surface area contributed by atoms with Crippen LogP contribution in [-0.4, -0.2) is 32.2 Å². The van der Waals surface area contributed by atoms with Gasteiger partial charge in [-0.05, 0) is 37.6 Å². The van der Waals surface area contributed by atoms with Gasteiger partial charge < -0.3 is 15.4 Å². The lowest BCUT2D eigenvalue weighted by atomic mass is 10.3. The van der Waals surface area contributed by atoms with Crippen LogP contribution in [0.3, 0.4) is 0 Å². The molecule has 5 heteroatoms. The van der Waals surface area contributed by atoms with E-state index < -0.39 is 0 Å². The number of carbonyl (C=O) groups is 1. The number of amides is 1. The Morgan fingerprint density at radius 2 is 2.10 bits per heavy atom. The summed E-state index contributed by atoms with van der Waals surface area (Å²) in [6, 6.07) is 7.11. The molecule has 1 aromatic carbocycles. The highest BCUT2D eigenvalue weighted by molar-refractivity contribution is 6.30. The molecule has 0 aliphatic heterocycles. The van der Waals surface area contributed by atoms with Gasteiger partial charge in [0.25, 0.3) is 0 Å². The number of anilines is 1. The highest BCUT2D eigenvalue weighted by atomic mass is 35.5. The smallest absolute Gasteiger partial charge is 0.238 e. The minimum absolute atomic E-state index is 0.0702. The SMILES string of the molecule is CCCCOCCCNCC(=O)Nc1cccc(Cl)c1.